The fourth-order valence-corrected chi connectivity index (χ4v) is 4.23. The molecule has 12 heteroatoms. The third-order valence-corrected chi connectivity index (χ3v) is 6.19. The Hall–Kier alpha value is -3.67. The highest BCUT2D eigenvalue weighted by Crippen LogP contribution is 2.34. The van der Waals surface area contributed by atoms with Crippen molar-refractivity contribution in [2.24, 2.45) is 0 Å². The number of urea groups is 1. The number of likely N-dealkylation sites (tertiary alicyclic amines) is 1. The minimum absolute atomic E-state index is 0.0635. The van der Waals surface area contributed by atoms with Crippen molar-refractivity contribution in [3.05, 3.63) is 59.9 Å². The number of hydrogen-bond acceptors (Lipinski definition) is 4. The summed E-state index contributed by atoms with van der Waals surface area (Å²) >= 11 is 0. The lowest BCUT2D eigenvalue weighted by atomic mass is 9.92. The Morgan fingerprint density at radius 1 is 1.08 bits per heavy atom. The molecule has 2 aliphatic rings. The van der Waals surface area contributed by atoms with Crippen molar-refractivity contribution in [2.75, 3.05) is 43.4 Å². The van der Waals surface area contributed by atoms with Gasteiger partial charge in [-0.25, -0.2) is 14.0 Å². The Kier molecular flexibility index (Phi) is 7.87. The first-order valence-corrected chi connectivity index (χ1v) is 11.0. The maximum atomic E-state index is 13.7. The number of carbonyl (C=O) groups excluding carboxylic acids is 2. The van der Waals surface area contributed by atoms with Gasteiger partial charge in [0.1, 0.15) is 5.82 Å². The lowest BCUT2D eigenvalue weighted by Crippen LogP contribution is -2.64. The highest BCUT2D eigenvalue weighted by Gasteiger charge is 2.48. The van der Waals surface area contributed by atoms with Crippen molar-refractivity contribution >= 4 is 29.3 Å². The quantitative estimate of drug-likeness (QED) is 0.601. The van der Waals surface area contributed by atoms with Crippen LogP contribution < -0.4 is 10.2 Å². The number of anilines is 2. The molecule has 3 amide bonds. The first kappa shape index (κ1) is 26.9. The molecule has 2 fully saturated rings. The summed E-state index contributed by atoms with van der Waals surface area (Å²) in [7, 11) is 1.92. The molecular weight excluding hydrogens is 484 g/mol. The fraction of sp³-hybridized carbons (Fsp3) is 0.375. The second kappa shape index (κ2) is 10.5. The summed E-state index contributed by atoms with van der Waals surface area (Å²) in [5.74, 6) is -3.19. The Balaban J connectivity index is 0.000000454. The minimum Gasteiger partial charge on any atom is -0.475 e. The van der Waals surface area contributed by atoms with Crippen molar-refractivity contribution in [1.82, 2.24) is 9.80 Å². The van der Waals surface area contributed by atoms with Crippen LogP contribution in [0.2, 0.25) is 0 Å². The van der Waals surface area contributed by atoms with Gasteiger partial charge in [0.15, 0.2) is 0 Å². The molecule has 4 rings (SSSR count). The van der Waals surface area contributed by atoms with E-state index in [0.717, 1.165) is 17.7 Å². The summed E-state index contributed by atoms with van der Waals surface area (Å²) in [6.45, 7) is 3.77. The molecule has 2 heterocycles. The molecule has 2 aromatic carbocycles. The summed E-state index contributed by atoms with van der Waals surface area (Å²) < 4.78 is 45.4. The van der Waals surface area contributed by atoms with E-state index >= 15 is 0 Å². The second-order valence-electron chi connectivity index (χ2n) is 8.81. The topological polar surface area (TPSA) is 93.2 Å². The van der Waals surface area contributed by atoms with Gasteiger partial charge >= 0.3 is 18.2 Å². The summed E-state index contributed by atoms with van der Waals surface area (Å²) in [6, 6.07) is 13.7. The summed E-state index contributed by atoms with van der Waals surface area (Å²) in [5, 5.41) is 10.1. The smallest absolute Gasteiger partial charge is 0.475 e. The second-order valence-corrected chi connectivity index (χ2v) is 8.81. The Morgan fingerprint density at radius 3 is 2.36 bits per heavy atom. The maximum Gasteiger partial charge on any atom is 0.490 e. The van der Waals surface area contributed by atoms with Crippen molar-refractivity contribution in [3.8, 4) is 0 Å². The number of rotatable bonds is 2. The third-order valence-electron chi connectivity index (χ3n) is 6.19. The normalized spacial score (nSPS) is 20.2. The Bertz CT molecular complexity index is 1140. The fourth-order valence-electron chi connectivity index (χ4n) is 4.23. The van der Waals surface area contributed by atoms with Crippen LogP contribution in [0, 0.1) is 12.7 Å². The van der Waals surface area contributed by atoms with Crippen molar-refractivity contribution < 1.29 is 37.1 Å². The van der Waals surface area contributed by atoms with Gasteiger partial charge in [0.2, 0.25) is 5.91 Å². The number of aryl methyl sites for hydroxylation is 1. The molecule has 1 spiro atoms. The van der Waals surface area contributed by atoms with Gasteiger partial charge in [0.05, 0.1) is 12.1 Å². The third kappa shape index (κ3) is 6.30. The number of aliphatic carboxylic acids is 1. The van der Waals surface area contributed by atoms with E-state index in [0.29, 0.717) is 25.3 Å². The SMILES string of the molecule is Cc1cccc(NC(=O)N2CCC3(C2)CN(c2cccc(F)c2)C(=O)CN3C)c1.O=C(O)C(F)(F)F. The predicted molar refractivity (Wildman–Crippen MR) is 124 cm³/mol. The van der Waals surface area contributed by atoms with Gasteiger partial charge in [-0.15, -0.1) is 0 Å². The number of alkyl halides is 3. The van der Waals surface area contributed by atoms with Gasteiger partial charge in [0, 0.05) is 31.0 Å². The van der Waals surface area contributed by atoms with Gasteiger partial charge < -0.3 is 20.2 Å². The lowest BCUT2D eigenvalue weighted by Gasteiger charge is -2.46. The number of carboxylic acid groups (broad SMARTS) is 1. The average molecular weight is 510 g/mol. The zero-order chi connectivity index (χ0) is 26.7. The van der Waals surface area contributed by atoms with Crippen LogP contribution in [0.5, 0.6) is 0 Å². The molecule has 2 N–H and O–H groups in total. The zero-order valence-corrected chi connectivity index (χ0v) is 19.7. The first-order valence-electron chi connectivity index (χ1n) is 11.0. The molecule has 1 unspecified atom stereocenters. The molecule has 2 saturated heterocycles. The summed E-state index contributed by atoms with van der Waals surface area (Å²) in [4.78, 5) is 39.8. The average Bonchev–Trinajstić information content (AvgIpc) is 3.22. The number of hydrogen-bond donors (Lipinski definition) is 2. The van der Waals surface area contributed by atoms with Crippen LogP contribution in [-0.2, 0) is 9.59 Å². The van der Waals surface area contributed by atoms with Crippen LogP contribution in [0.4, 0.5) is 33.7 Å². The van der Waals surface area contributed by atoms with Crippen molar-refractivity contribution in [3.63, 3.8) is 0 Å². The van der Waals surface area contributed by atoms with Gasteiger partial charge in [0.25, 0.3) is 0 Å². The summed E-state index contributed by atoms with van der Waals surface area (Å²) in [5.41, 5.74) is 2.07. The van der Waals surface area contributed by atoms with Gasteiger partial charge in [-0.3, -0.25) is 9.69 Å². The van der Waals surface area contributed by atoms with Gasteiger partial charge in [-0.05, 0) is 56.3 Å². The number of carbonyl (C=O) groups is 3. The van der Waals surface area contributed by atoms with Crippen LogP contribution in [0.1, 0.15) is 12.0 Å². The molecule has 194 valence electrons. The minimum atomic E-state index is -5.08. The predicted octanol–water partition coefficient (Wildman–Crippen LogP) is 3.72. The largest absolute Gasteiger partial charge is 0.490 e. The van der Waals surface area contributed by atoms with E-state index in [1.807, 2.05) is 43.1 Å². The zero-order valence-electron chi connectivity index (χ0n) is 19.7. The van der Waals surface area contributed by atoms with E-state index in [9.17, 15) is 27.2 Å². The Morgan fingerprint density at radius 2 is 1.75 bits per heavy atom. The number of carboxylic acids is 1. The van der Waals surface area contributed by atoms with Gasteiger partial charge in [-0.2, -0.15) is 13.2 Å². The highest BCUT2D eigenvalue weighted by molar-refractivity contribution is 5.96. The van der Waals surface area contributed by atoms with E-state index in [-0.39, 0.29) is 29.8 Å². The molecule has 0 radical (unpaired) electrons. The van der Waals surface area contributed by atoms with Crippen molar-refractivity contribution in [2.45, 2.75) is 25.1 Å². The Labute approximate surface area is 205 Å². The number of nitrogens with one attached hydrogen (secondary N) is 1. The summed E-state index contributed by atoms with van der Waals surface area (Å²) in [6.07, 6.45) is -4.33. The van der Waals surface area contributed by atoms with Crippen LogP contribution >= 0.6 is 0 Å². The molecule has 0 aromatic heterocycles. The van der Waals surface area contributed by atoms with E-state index in [1.165, 1.54) is 12.1 Å². The highest BCUT2D eigenvalue weighted by atomic mass is 19.4. The van der Waals surface area contributed by atoms with E-state index in [1.54, 1.807) is 21.9 Å². The molecule has 8 nitrogen and oxygen atoms in total. The molecule has 0 aliphatic carbocycles. The number of amides is 3. The lowest BCUT2D eigenvalue weighted by molar-refractivity contribution is -0.192. The molecular formula is C24H26F4N4O4. The van der Waals surface area contributed by atoms with Crippen LogP contribution in [0.25, 0.3) is 0 Å². The number of nitrogens with zero attached hydrogens (tertiary/aromatic N) is 3. The number of piperazine rings is 1. The molecule has 36 heavy (non-hydrogen) atoms. The van der Waals surface area contributed by atoms with E-state index in [4.69, 9.17) is 9.90 Å². The van der Waals surface area contributed by atoms with Crippen LogP contribution in [-0.4, -0.2) is 77.8 Å². The first-order chi connectivity index (χ1) is 16.8. The standard InChI is InChI=1S/C22H25FN4O2.C2HF3O2/c1-16-5-3-7-18(11-16)24-21(29)26-10-9-22(14-26)15-27(20(28)13-25(22)2)19-8-4-6-17(23)12-19;3-2(4,5)1(6)7/h3-8,11-12H,9-10,13-15H2,1-2H3,(H,24,29);(H,6,7). The van der Waals surface area contributed by atoms with Crippen LogP contribution in [0.3, 0.4) is 0 Å². The van der Waals surface area contributed by atoms with Gasteiger partial charge in [-0.1, -0.05) is 18.2 Å². The van der Waals surface area contributed by atoms with E-state index in [2.05, 4.69) is 5.32 Å². The molecule has 0 saturated carbocycles. The number of likely N-dealkylation sites (N-methyl/N-ethyl adjacent to an activating group) is 1. The van der Waals surface area contributed by atoms with Crippen LogP contribution in [0.15, 0.2) is 48.5 Å². The van der Waals surface area contributed by atoms with Crippen molar-refractivity contribution in [1.29, 1.82) is 0 Å². The molecule has 0 bridgehead atoms. The molecule has 1 atom stereocenters. The maximum absolute atomic E-state index is 13.7. The van der Waals surface area contributed by atoms with E-state index < -0.39 is 12.1 Å². The molecule has 2 aromatic rings. The number of halogens is 4. The number of benzene rings is 2. The molecule has 2 aliphatic heterocycles. The monoisotopic (exact) mass is 510 g/mol.